The molecule has 2 aromatic carbocycles. The monoisotopic (exact) mass is 424 g/mol. The Hall–Kier alpha value is -3.42. The number of nitrogens with one attached hydrogen (secondary N) is 1. The number of benzene rings is 2. The van der Waals surface area contributed by atoms with E-state index in [4.69, 9.17) is 4.74 Å². The molecule has 2 aromatic rings. The van der Waals surface area contributed by atoms with E-state index in [1.165, 1.54) is 11.1 Å². The number of para-hydroxylation sites is 2. The SMILES string of the molecule is CCOC(=O)C1=NN(c2ccccc2)C(C(=O)Nc2c(F)cccc2N2CCCC2)C1. The average molecular weight is 424 g/mol. The van der Waals surface area contributed by atoms with Gasteiger partial charge in [-0.15, -0.1) is 0 Å². The molecule has 8 heteroatoms. The van der Waals surface area contributed by atoms with Gasteiger partial charge in [0.25, 0.3) is 0 Å². The van der Waals surface area contributed by atoms with E-state index in [0.717, 1.165) is 25.9 Å². The lowest BCUT2D eigenvalue weighted by molar-refractivity contribution is -0.135. The summed E-state index contributed by atoms with van der Waals surface area (Å²) in [4.78, 5) is 27.6. The zero-order valence-corrected chi connectivity index (χ0v) is 17.4. The molecule has 0 aliphatic carbocycles. The molecule has 1 unspecified atom stereocenters. The van der Waals surface area contributed by atoms with Crippen molar-refractivity contribution in [1.29, 1.82) is 0 Å². The van der Waals surface area contributed by atoms with Gasteiger partial charge in [-0.1, -0.05) is 24.3 Å². The maximum absolute atomic E-state index is 14.7. The van der Waals surface area contributed by atoms with Crippen molar-refractivity contribution in [2.24, 2.45) is 5.10 Å². The summed E-state index contributed by atoms with van der Waals surface area (Å²) in [5.41, 5.74) is 1.66. The van der Waals surface area contributed by atoms with Crippen LogP contribution in [0.5, 0.6) is 0 Å². The van der Waals surface area contributed by atoms with Crippen LogP contribution in [0.15, 0.2) is 53.6 Å². The molecule has 1 atom stereocenters. The van der Waals surface area contributed by atoms with Crippen molar-refractivity contribution in [2.75, 3.05) is 34.9 Å². The molecule has 4 rings (SSSR count). The number of rotatable bonds is 6. The summed E-state index contributed by atoms with van der Waals surface area (Å²) in [7, 11) is 0. The van der Waals surface area contributed by atoms with Gasteiger partial charge in [0.1, 0.15) is 23.3 Å². The Bertz CT molecular complexity index is 990. The second-order valence-electron chi connectivity index (χ2n) is 7.48. The molecule has 0 radical (unpaired) electrons. The van der Waals surface area contributed by atoms with Crippen LogP contribution in [0.3, 0.4) is 0 Å². The molecule has 1 N–H and O–H groups in total. The lowest BCUT2D eigenvalue weighted by atomic mass is 10.1. The van der Waals surface area contributed by atoms with E-state index in [-0.39, 0.29) is 24.4 Å². The number of anilines is 3. The van der Waals surface area contributed by atoms with E-state index in [9.17, 15) is 14.0 Å². The van der Waals surface area contributed by atoms with Gasteiger partial charge in [0.05, 0.1) is 18.0 Å². The van der Waals surface area contributed by atoms with Crippen LogP contribution >= 0.6 is 0 Å². The van der Waals surface area contributed by atoms with E-state index >= 15 is 0 Å². The number of hydrazone groups is 1. The minimum Gasteiger partial charge on any atom is -0.461 e. The molecule has 1 fully saturated rings. The predicted octanol–water partition coefficient (Wildman–Crippen LogP) is 3.56. The second-order valence-corrected chi connectivity index (χ2v) is 7.48. The normalized spacial score (nSPS) is 18.1. The number of halogens is 1. The molecule has 162 valence electrons. The topological polar surface area (TPSA) is 74.2 Å². The summed E-state index contributed by atoms with van der Waals surface area (Å²) in [5, 5.41) is 8.62. The first kappa shape index (κ1) is 20.8. The van der Waals surface area contributed by atoms with Crippen molar-refractivity contribution in [2.45, 2.75) is 32.2 Å². The van der Waals surface area contributed by atoms with Crippen LogP contribution in [0, 0.1) is 5.82 Å². The minimum absolute atomic E-state index is 0.0764. The van der Waals surface area contributed by atoms with Crippen molar-refractivity contribution < 1.29 is 18.7 Å². The third-order valence-electron chi connectivity index (χ3n) is 5.43. The summed E-state index contributed by atoms with van der Waals surface area (Å²) >= 11 is 0. The van der Waals surface area contributed by atoms with Crippen LogP contribution in [0.1, 0.15) is 26.2 Å². The maximum Gasteiger partial charge on any atom is 0.354 e. The Morgan fingerprint density at radius 2 is 1.87 bits per heavy atom. The van der Waals surface area contributed by atoms with Gasteiger partial charge in [-0.2, -0.15) is 5.10 Å². The summed E-state index contributed by atoms with van der Waals surface area (Å²) in [6, 6.07) is 13.1. The van der Waals surface area contributed by atoms with Crippen LogP contribution in [0.2, 0.25) is 0 Å². The molecule has 31 heavy (non-hydrogen) atoms. The van der Waals surface area contributed by atoms with Gasteiger partial charge in [0.2, 0.25) is 5.91 Å². The highest BCUT2D eigenvalue weighted by Gasteiger charge is 2.37. The van der Waals surface area contributed by atoms with Crippen LogP contribution < -0.4 is 15.2 Å². The van der Waals surface area contributed by atoms with E-state index in [1.54, 1.807) is 25.1 Å². The Labute approximate surface area is 180 Å². The molecular formula is C23H25FN4O3. The van der Waals surface area contributed by atoms with E-state index in [2.05, 4.69) is 15.3 Å². The molecule has 0 aromatic heterocycles. The fourth-order valence-electron chi connectivity index (χ4n) is 3.94. The quantitative estimate of drug-likeness (QED) is 0.718. The number of hydrogen-bond acceptors (Lipinski definition) is 6. The molecule has 2 aliphatic heterocycles. The van der Waals surface area contributed by atoms with Gasteiger partial charge in [-0.3, -0.25) is 9.80 Å². The molecule has 1 amide bonds. The highest BCUT2D eigenvalue weighted by atomic mass is 19.1. The molecular weight excluding hydrogens is 399 g/mol. The summed E-state index contributed by atoms with van der Waals surface area (Å²) < 4.78 is 19.8. The Morgan fingerprint density at radius 1 is 1.13 bits per heavy atom. The summed E-state index contributed by atoms with van der Waals surface area (Å²) in [6.45, 7) is 3.57. The van der Waals surface area contributed by atoms with Crippen molar-refractivity contribution in [3.63, 3.8) is 0 Å². The molecule has 0 saturated carbocycles. The van der Waals surface area contributed by atoms with E-state index in [1.807, 2.05) is 24.3 Å². The smallest absolute Gasteiger partial charge is 0.354 e. The maximum atomic E-state index is 14.7. The zero-order valence-electron chi connectivity index (χ0n) is 17.4. The molecule has 0 bridgehead atoms. The lowest BCUT2D eigenvalue weighted by Crippen LogP contribution is -2.39. The highest BCUT2D eigenvalue weighted by Crippen LogP contribution is 2.33. The standard InChI is InChI=1S/C23H25FN4O3/c1-2-31-23(30)18-15-20(28(26-18)16-9-4-3-5-10-16)22(29)25-21-17(24)11-8-12-19(21)27-13-6-7-14-27/h3-5,8-12,20H,2,6-7,13-15H2,1H3,(H,25,29). The molecule has 0 spiro atoms. The molecule has 1 saturated heterocycles. The summed E-state index contributed by atoms with van der Waals surface area (Å²) in [6.07, 6.45) is 2.14. The number of carbonyl (C=O) groups excluding carboxylic acids is 2. The highest BCUT2D eigenvalue weighted by molar-refractivity contribution is 6.38. The number of ether oxygens (including phenoxy) is 1. The van der Waals surface area contributed by atoms with Gasteiger partial charge in [0, 0.05) is 19.5 Å². The minimum atomic E-state index is -0.798. The fraction of sp³-hybridized carbons (Fsp3) is 0.348. The molecule has 2 heterocycles. The lowest BCUT2D eigenvalue weighted by Gasteiger charge is -2.25. The van der Waals surface area contributed by atoms with Crippen LogP contribution in [0.4, 0.5) is 21.5 Å². The predicted molar refractivity (Wildman–Crippen MR) is 118 cm³/mol. The number of amides is 1. The van der Waals surface area contributed by atoms with E-state index < -0.39 is 23.7 Å². The first-order valence-corrected chi connectivity index (χ1v) is 10.5. The van der Waals surface area contributed by atoms with Gasteiger partial charge < -0.3 is 15.0 Å². The number of nitrogens with zero attached hydrogens (tertiary/aromatic N) is 3. The van der Waals surface area contributed by atoms with Gasteiger partial charge in [0.15, 0.2) is 0 Å². The van der Waals surface area contributed by atoms with Crippen molar-refractivity contribution >= 4 is 34.7 Å². The largest absolute Gasteiger partial charge is 0.461 e. The van der Waals surface area contributed by atoms with Crippen LogP contribution in [-0.2, 0) is 14.3 Å². The van der Waals surface area contributed by atoms with Gasteiger partial charge in [-0.05, 0) is 44.0 Å². The Kier molecular flexibility index (Phi) is 6.16. The second kappa shape index (κ2) is 9.16. The molecule has 2 aliphatic rings. The third kappa shape index (κ3) is 4.38. The summed E-state index contributed by atoms with van der Waals surface area (Å²) in [5.74, 6) is -1.48. The van der Waals surface area contributed by atoms with Gasteiger partial charge in [-0.25, -0.2) is 9.18 Å². The first-order valence-electron chi connectivity index (χ1n) is 10.5. The molecule has 7 nitrogen and oxygen atoms in total. The van der Waals surface area contributed by atoms with Gasteiger partial charge >= 0.3 is 5.97 Å². The Balaban J connectivity index is 1.61. The number of hydrogen-bond donors (Lipinski definition) is 1. The third-order valence-corrected chi connectivity index (χ3v) is 5.43. The van der Waals surface area contributed by atoms with Crippen LogP contribution in [-0.4, -0.2) is 43.3 Å². The van der Waals surface area contributed by atoms with Crippen molar-refractivity contribution in [3.05, 3.63) is 54.3 Å². The van der Waals surface area contributed by atoms with Crippen LogP contribution in [0.25, 0.3) is 0 Å². The Morgan fingerprint density at radius 3 is 2.58 bits per heavy atom. The van der Waals surface area contributed by atoms with Crippen molar-refractivity contribution in [1.82, 2.24) is 0 Å². The average Bonchev–Trinajstić information content (AvgIpc) is 3.46. The fourth-order valence-corrected chi connectivity index (χ4v) is 3.94. The number of carbonyl (C=O) groups is 2. The van der Waals surface area contributed by atoms with Crippen molar-refractivity contribution in [3.8, 4) is 0 Å². The zero-order chi connectivity index (χ0) is 21.8. The number of esters is 1. The first-order chi connectivity index (χ1) is 15.1. The van der Waals surface area contributed by atoms with E-state index in [0.29, 0.717) is 11.4 Å².